The zero-order valence-electron chi connectivity index (χ0n) is 11.6. The summed E-state index contributed by atoms with van der Waals surface area (Å²) in [7, 11) is 0. The third-order valence-electron chi connectivity index (χ3n) is 3.02. The number of unbranched alkanes of at least 4 members (excludes halogenated alkanes) is 1. The third kappa shape index (κ3) is 3.65. The van der Waals surface area contributed by atoms with Crippen molar-refractivity contribution in [2.75, 3.05) is 6.61 Å². The van der Waals surface area contributed by atoms with E-state index in [-0.39, 0.29) is 22.8 Å². The Morgan fingerprint density at radius 1 is 1.32 bits per heavy atom. The number of aliphatic hydroxyl groups excluding tert-OH is 1. The van der Waals surface area contributed by atoms with E-state index in [0.717, 1.165) is 0 Å². The van der Waals surface area contributed by atoms with Crippen LogP contribution in [0, 0.1) is 4.77 Å². The molecule has 0 radical (unpaired) electrons. The number of benzene rings is 1. The minimum atomic E-state index is -0.465. The lowest BCUT2D eigenvalue weighted by molar-refractivity contribution is 0.290. The number of nitrogens with zero attached hydrogens (tertiary/aromatic N) is 1. The molecule has 0 aliphatic carbocycles. The topological polar surface area (TPSA) is 78.2 Å². The van der Waals surface area contributed by atoms with Gasteiger partial charge in [0.25, 0.3) is 5.56 Å². The zero-order valence-corrected chi connectivity index (χ0v) is 13.2. The average Bonchev–Trinajstić information content (AvgIpc) is 2.48. The molecule has 1 aromatic heterocycles. The summed E-state index contributed by atoms with van der Waals surface area (Å²) in [6.07, 6.45) is 4.43. The predicted octanol–water partition coefficient (Wildman–Crippen LogP) is 3.04. The lowest BCUT2D eigenvalue weighted by atomic mass is 10.2. The van der Waals surface area contributed by atoms with Gasteiger partial charge in [-0.3, -0.25) is 14.3 Å². The summed E-state index contributed by atoms with van der Waals surface area (Å²) in [5, 5.41) is 19.7. The van der Waals surface area contributed by atoms with Crippen molar-refractivity contribution in [2.45, 2.75) is 12.8 Å². The van der Waals surface area contributed by atoms with Crippen LogP contribution in [-0.4, -0.2) is 26.4 Å². The van der Waals surface area contributed by atoms with Gasteiger partial charge in [0.15, 0.2) is 4.77 Å². The van der Waals surface area contributed by atoms with Gasteiger partial charge in [-0.15, -0.1) is 0 Å². The summed E-state index contributed by atoms with van der Waals surface area (Å²) >= 11 is 11.0. The summed E-state index contributed by atoms with van der Waals surface area (Å²) in [4.78, 5) is 14.5. The molecule has 3 N–H and O–H groups in total. The van der Waals surface area contributed by atoms with E-state index >= 15 is 0 Å². The van der Waals surface area contributed by atoms with Crippen molar-refractivity contribution in [3.63, 3.8) is 0 Å². The molecule has 5 nitrogen and oxygen atoms in total. The smallest absolute Gasteiger partial charge is 0.262 e. The van der Waals surface area contributed by atoms with Crippen LogP contribution in [0.2, 0.25) is 5.02 Å². The number of H-pyrrole nitrogens is 1. The van der Waals surface area contributed by atoms with E-state index in [2.05, 4.69) is 4.98 Å². The van der Waals surface area contributed by atoms with Crippen LogP contribution < -0.4 is 5.56 Å². The molecule has 0 unspecified atom stereocenters. The maximum Gasteiger partial charge on any atom is 0.262 e. The first-order valence-corrected chi connectivity index (χ1v) is 7.45. The molecule has 0 atom stereocenters. The molecular weight excluding hydrogens is 324 g/mol. The summed E-state index contributed by atoms with van der Waals surface area (Å²) < 4.78 is 1.45. The highest BCUT2D eigenvalue weighted by Gasteiger charge is 2.11. The van der Waals surface area contributed by atoms with E-state index in [1.165, 1.54) is 10.6 Å². The minimum absolute atomic E-state index is 0.0720. The largest absolute Gasteiger partial charge is 0.494 e. The Labute approximate surface area is 137 Å². The Morgan fingerprint density at radius 3 is 2.64 bits per heavy atom. The van der Waals surface area contributed by atoms with E-state index in [1.54, 1.807) is 30.3 Å². The summed E-state index contributed by atoms with van der Waals surface area (Å²) in [6.45, 7) is 0.0720. The Kier molecular flexibility index (Phi) is 5.54. The first kappa shape index (κ1) is 16.5. The van der Waals surface area contributed by atoms with Gasteiger partial charge < -0.3 is 10.2 Å². The third-order valence-corrected chi connectivity index (χ3v) is 3.56. The van der Waals surface area contributed by atoms with Crippen LogP contribution in [0.15, 0.2) is 35.1 Å². The zero-order chi connectivity index (χ0) is 16.1. The van der Waals surface area contributed by atoms with E-state index in [0.29, 0.717) is 23.6 Å². The SMILES string of the molecule is O=c1[nH]c(=S)n(-c2ccc(Cl)cc2)c(O)c1C=CCCCO. The fraction of sp³-hybridized carbons (Fsp3) is 0.200. The normalized spacial score (nSPS) is 11.2. The Balaban J connectivity index is 2.51. The summed E-state index contributed by atoms with van der Waals surface area (Å²) in [6, 6.07) is 6.71. The van der Waals surface area contributed by atoms with Gasteiger partial charge in [0.2, 0.25) is 5.88 Å². The van der Waals surface area contributed by atoms with Crippen LogP contribution in [0.25, 0.3) is 11.8 Å². The van der Waals surface area contributed by atoms with Gasteiger partial charge in [0, 0.05) is 11.6 Å². The maximum absolute atomic E-state index is 11.9. The highest BCUT2D eigenvalue weighted by Crippen LogP contribution is 2.22. The second-order valence-corrected chi connectivity index (χ2v) is 5.40. The van der Waals surface area contributed by atoms with Crippen molar-refractivity contribution in [1.29, 1.82) is 0 Å². The van der Waals surface area contributed by atoms with Crippen molar-refractivity contribution in [3.8, 4) is 11.6 Å². The molecule has 0 amide bonds. The van der Waals surface area contributed by atoms with Crippen molar-refractivity contribution in [1.82, 2.24) is 9.55 Å². The number of rotatable bonds is 5. The first-order valence-electron chi connectivity index (χ1n) is 6.66. The average molecular weight is 339 g/mol. The summed E-state index contributed by atoms with van der Waals surface area (Å²) in [5.74, 6) is -0.240. The molecular formula is C15H15ClN2O3S. The lowest BCUT2D eigenvalue weighted by Gasteiger charge is -2.11. The van der Waals surface area contributed by atoms with Crippen molar-refractivity contribution in [2.24, 2.45) is 0 Å². The number of allylic oxidation sites excluding steroid dienone is 1. The van der Waals surface area contributed by atoms with Crippen LogP contribution in [0.3, 0.4) is 0 Å². The maximum atomic E-state index is 11.9. The molecule has 0 saturated heterocycles. The molecule has 0 aliphatic heterocycles. The van der Waals surface area contributed by atoms with E-state index < -0.39 is 5.56 Å². The molecule has 0 aliphatic rings. The van der Waals surface area contributed by atoms with E-state index in [4.69, 9.17) is 28.9 Å². The Hall–Kier alpha value is -1.89. The molecule has 2 rings (SSSR count). The molecule has 7 heteroatoms. The summed E-state index contributed by atoms with van der Waals surface area (Å²) in [5.41, 5.74) is 0.239. The first-order chi connectivity index (χ1) is 10.5. The van der Waals surface area contributed by atoms with Gasteiger partial charge in [0.05, 0.1) is 11.3 Å². The Bertz CT molecular complexity index is 794. The van der Waals surface area contributed by atoms with Crippen molar-refractivity contribution in [3.05, 3.63) is 56.1 Å². The molecule has 0 bridgehead atoms. The van der Waals surface area contributed by atoms with E-state index in [1.807, 2.05) is 0 Å². The number of halogens is 1. The van der Waals surface area contributed by atoms with Crippen molar-refractivity contribution < 1.29 is 10.2 Å². The van der Waals surface area contributed by atoms with Crippen LogP contribution in [0.1, 0.15) is 18.4 Å². The van der Waals surface area contributed by atoms with Crippen LogP contribution in [0.4, 0.5) is 0 Å². The number of nitrogens with one attached hydrogen (secondary N) is 1. The van der Waals surface area contributed by atoms with E-state index in [9.17, 15) is 9.90 Å². The lowest BCUT2D eigenvalue weighted by Crippen LogP contribution is -2.15. The number of hydrogen-bond acceptors (Lipinski definition) is 4. The highest BCUT2D eigenvalue weighted by molar-refractivity contribution is 7.71. The predicted molar refractivity (Wildman–Crippen MR) is 89.3 cm³/mol. The van der Waals surface area contributed by atoms with Gasteiger partial charge in [0.1, 0.15) is 0 Å². The number of aromatic hydroxyl groups is 1. The number of hydrogen-bond donors (Lipinski definition) is 3. The van der Waals surface area contributed by atoms with Gasteiger partial charge >= 0.3 is 0 Å². The molecule has 0 saturated carbocycles. The molecule has 1 heterocycles. The quantitative estimate of drug-likeness (QED) is 0.578. The fourth-order valence-corrected chi connectivity index (χ4v) is 2.34. The van der Waals surface area contributed by atoms with Gasteiger partial charge in [-0.1, -0.05) is 17.7 Å². The van der Waals surface area contributed by atoms with Crippen LogP contribution in [-0.2, 0) is 0 Å². The minimum Gasteiger partial charge on any atom is -0.494 e. The van der Waals surface area contributed by atoms with Crippen molar-refractivity contribution >= 4 is 29.9 Å². The monoisotopic (exact) mass is 338 g/mol. The second-order valence-electron chi connectivity index (χ2n) is 4.58. The van der Waals surface area contributed by atoms with Crippen LogP contribution in [0.5, 0.6) is 5.88 Å². The van der Waals surface area contributed by atoms with Gasteiger partial charge in [-0.05, 0) is 55.4 Å². The molecule has 0 fully saturated rings. The second kappa shape index (κ2) is 7.40. The fourth-order valence-electron chi connectivity index (χ4n) is 1.93. The number of aromatic nitrogens is 2. The molecule has 116 valence electrons. The molecule has 22 heavy (non-hydrogen) atoms. The highest BCUT2D eigenvalue weighted by atomic mass is 35.5. The number of aromatic amines is 1. The van der Waals surface area contributed by atoms with Crippen LogP contribution >= 0.6 is 23.8 Å². The van der Waals surface area contributed by atoms with Gasteiger partial charge in [-0.25, -0.2) is 0 Å². The number of aliphatic hydroxyl groups is 1. The molecule has 2 aromatic rings. The molecule has 1 aromatic carbocycles. The Morgan fingerprint density at radius 2 is 2.00 bits per heavy atom. The van der Waals surface area contributed by atoms with Gasteiger partial charge in [-0.2, -0.15) is 0 Å². The standard InChI is InChI=1S/C15H15ClN2O3S/c16-10-5-7-11(8-6-10)18-14(21)12(4-2-1-3-9-19)13(20)17-15(18)22/h2,4-8,19,21H,1,3,9H2,(H,17,20,22). The molecule has 0 spiro atoms.